The molecular weight excluding hydrogens is 272 g/mol. The van der Waals surface area contributed by atoms with E-state index >= 15 is 0 Å². The number of hydrogen-bond acceptors (Lipinski definition) is 3. The highest BCUT2D eigenvalue weighted by molar-refractivity contribution is 5.14. The van der Waals surface area contributed by atoms with Crippen molar-refractivity contribution in [3.8, 4) is 0 Å². The van der Waals surface area contributed by atoms with E-state index in [1.165, 1.54) is 12.0 Å². The van der Waals surface area contributed by atoms with Crippen LogP contribution < -0.4 is 5.32 Å². The molecule has 0 amide bonds. The van der Waals surface area contributed by atoms with Gasteiger partial charge in [-0.05, 0) is 36.8 Å². The molecule has 3 unspecified atom stereocenters. The van der Waals surface area contributed by atoms with Crippen LogP contribution in [0.4, 0.5) is 0 Å². The lowest BCUT2D eigenvalue weighted by Gasteiger charge is -2.39. The number of aliphatic hydroxyl groups excluding tert-OH is 1. The van der Waals surface area contributed by atoms with E-state index in [1.807, 2.05) is 0 Å². The van der Waals surface area contributed by atoms with Crippen LogP contribution >= 0.6 is 0 Å². The van der Waals surface area contributed by atoms with E-state index in [4.69, 9.17) is 0 Å². The molecule has 0 bridgehead atoms. The number of nitrogens with one attached hydrogen (secondary N) is 1. The molecule has 1 aromatic rings. The Morgan fingerprint density at radius 3 is 2.59 bits per heavy atom. The predicted octanol–water partition coefficient (Wildman–Crippen LogP) is 2.89. The van der Waals surface area contributed by atoms with Crippen molar-refractivity contribution in [2.24, 2.45) is 11.8 Å². The Labute approximate surface area is 135 Å². The van der Waals surface area contributed by atoms with Gasteiger partial charge in [-0.15, -0.1) is 0 Å². The van der Waals surface area contributed by atoms with Crippen LogP contribution in [-0.4, -0.2) is 41.8 Å². The number of benzene rings is 1. The van der Waals surface area contributed by atoms with Crippen LogP contribution in [0.15, 0.2) is 30.3 Å². The van der Waals surface area contributed by atoms with Gasteiger partial charge in [-0.3, -0.25) is 0 Å². The van der Waals surface area contributed by atoms with Crippen molar-refractivity contribution < 1.29 is 5.11 Å². The van der Waals surface area contributed by atoms with Crippen LogP contribution in [0.3, 0.4) is 0 Å². The van der Waals surface area contributed by atoms with Crippen molar-refractivity contribution in [3.63, 3.8) is 0 Å². The summed E-state index contributed by atoms with van der Waals surface area (Å²) in [5, 5.41) is 13.9. The van der Waals surface area contributed by atoms with Gasteiger partial charge in [0, 0.05) is 25.7 Å². The van der Waals surface area contributed by atoms with E-state index in [9.17, 15) is 5.11 Å². The molecule has 1 aliphatic heterocycles. The maximum Gasteiger partial charge on any atom is 0.0566 e. The number of hydrogen-bond donors (Lipinski definition) is 2. The normalized spacial score (nSPS) is 24.6. The second kappa shape index (κ2) is 8.66. The van der Waals surface area contributed by atoms with Gasteiger partial charge in [0.2, 0.25) is 0 Å². The lowest BCUT2D eigenvalue weighted by Crippen LogP contribution is -2.49. The first-order valence-corrected chi connectivity index (χ1v) is 8.76. The average Bonchev–Trinajstić information content (AvgIpc) is 2.53. The molecule has 0 aliphatic carbocycles. The minimum Gasteiger partial charge on any atom is -0.393 e. The van der Waals surface area contributed by atoms with Crippen LogP contribution in [0.1, 0.15) is 39.2 Å². The number of likely N-dealkylation sites (N-methyl/N-ethyl adjacent to an activating group) is 1. The van der Waals surface area contributed by atoms with Crippen molar-refractivity contribution in [3.05, 3.63) is 35.9 Å². The Balaban J connectivity index is 1.87. The van der Waals surface area contributed by atoms with Crippen LogP contribution in [0.5, 0.6) is 0 Å². The third-order valence-electron chi connectivity index (χ3n) is 4.84. The zero-order chi connectivity index (χ0) is 15.9. The molecule has 0 radical (unpaired) electrons. The van der Waals surface area contributed by atoms with Gasteiger partial charge >= 0.3 is 0 Å². The summed E-state index contributed by atoms with van der Waals surface area (Å²) < 4.78 is 0. The van der Waals surface area contributed by atoms with Crippen molar-refractivity contribution in [1.82, 2.24) is 10.2 Å². The molecule has 22 heavy (non-hydrogen) atoms. The summed E-state index contributed by atoms with van der Waals surface area (Å²) in [6, 6.07) is 11.1. The van der Waals surface area contributed by atoms with Gasteiger partial charge in [0.25, 0.3) is 0 Å². The van der Waals surface area contributed by atoms with E-state index in [1.54, 1.807) is 0 Å². The molecule has 1 aromatic carbocycles. The maximum absolute atomic E-state index is 10.2. The van der Waals surface area contributed by atoms with Gasteiger partial charge in [0.1, 0.15) is 0 Å². The molecule has 0 saturated carbocycles. The van der Waals surface area contributed by atoms with E-state index in [0.717, 1.165) is 32.6 Å². The van der Waals surface area contributed by atoms with Crippen molar-refractivity contribution in [1.29, 1.82) is 0 Å². The van der Waals surface area contributed by atoms with Crippen LogP contribution in [0, 0.1) is 11.8 Å². The van der Waals surface area contributed by atoms with Gasteiger partial charge in [-0.25, -0.2) is 0 Å². The Morgan fingerprint density at radius 1 is 1.23 bits per heavy atom. The van der Waals surface area contributed by atoms with E-state index in [-0.39, 0.29) is 6.10 Å². The summed E-state index contributed by atoms with van der Waals surface area (Å²) in [5.41, 5.74) is 1.34. The van der Waals surface area contributed by atoms with Gasteiger partial charge in [-0.2, -0.15) is 0 Å². The Kier molecular flexibility index (Phi) is 6.87. The van der Waals surface area contributed by atoms with Crippen LogP contribution in [0.2, 0.25) is 0 Å². The summed E-state index contributed by atoms with van der Waals surface area (Å²) in [6.45, 7) is 10.7. The summed E-state index contributed by atoms with van der Waals surface area (Å²) in [6.07, 6.45) is 1.93. The molecule has 124 valence electrons. The topological polar surface area (TPSA) is 35.5 Å². The maximum atomic E-state index is 10.2. The zero-order valence-electron chi connectivity index (χ0n) is 14.3. The molecule has 3 nitrogen and oxygen atoms in total. The monoisotopic (exact) mass is 304 g/mol. The molecule has 1 fully saturated rings. The molecule has 2 rings (SSSR count). The Bertz CT molecular complexity index is 421. The highest BCUT2D eigenvalue weighted by Gasteiger charge is 2.28. The molecule has 0 aromatic heterocycles. The second-order valence-corrected chi connectivity index (χ2v) is 7.06. The first-order chi connectivity index (χ1) is 10.6. The predicted molar refractivity (Wildman–Crippen MR) is 92.8 cm³/mol. The fraction of sp³-hybridized carbons (Fsp3) is 0.684. The number of rotatable bonds is 7. The summed E-state index contributed by atoms with van der Waals surface area (Å²) in [5.74, 6) is 0.951. The smallest absolute Gasteiger partial charge is 0.0566 e. The fourth-order valence-electron chi connectivity index (χ4n) is 3.35. The molecule has 3 atom stereocenters. The number of piperidine rings is 1. The quantitative estimate of drug-likeness (QED) is 0.813. The molecular formula is C19H32N2O. The fourth-order valence-corrected chi connectivity index (χ4v) is 3.35. The van der Waals surface area contributed by atoms with Crippen molar-refractivity contribution in [2.75, 3.05) is 19.6 Å². The molecule has 1 aliphatic rings. The van der Waals surface area contributed by atoms with Crippen LogP contribution in [0.25, 0.3) is 0 Å². The first kappa shape index (κ1) is 17.5. The summed E-state index contributed by atoms with van der Waals surface area (Å²) in [7, 11) is 0. The molecule has 2 N–H and O–H groups in total. The third kappa shape index (κ3) is 5.38. The van der Waals surface area contributed by atoms with Crippen molar-refractivity contribution >= 4 is 0 Å². The molecule has 3 heteroatoms. The highest BCUT2D eigenvalue weighted by atomic mass is 16.3. The zero-order valence-corrected chi connectivity index (χ0v) is 14.3. The van der Waals surface area contributed by atoms with Crippen LogP contribution in [-0.2, 0) is 6.54 Å². The van der Waals surface area contributed by atoms with Gasteiger partial charge in [-0.1, -0.05) is 51.1 Å². The first-order valence-electron chi connectivity index (χ1n) is 8.76. The Morgan fingerprint density at radius 2 is 1.95 bits per heavy atom. The van der Waals surface area contributed by atoms with Crippen molar-refractivity contribution in [2.45, 2.75) is 52.3 Å². The average molecular weight is 304 g/mol. The number of nitrogens with zero attached hydrogens (tertiary/aromatic N) is 1. The summed E-state index contributed by atoms with van der Waals surface area (Å²) >= 11 is 0. The minimum absolute atomic E-state index is 0.170. The number of likely N-dealkylation sites (tertiary alicyclic amines) is 1. The second-order valence-electron chi connectivity index (χ2n) is 7.06. The Hall–Kier alpha value is -0.900. The van der Waals surface area contributed by atoms with E-state index in [2.05, 4.69) is 61.3 Å². The highest BCUT2D eigenvalue weighted by Crippen LogP contribution is 2.24. The van der Waals surface area contributed by atoms with E-state index in [0.29, 0.717) is 17.9 Å². The van der Waals surface area contributed by atoms with Gasteiger partial charge in [0.05, 0.1) is 6.10 Å². The largest absolute Gasteiger partial charge is 0.393 e. The lowest BCUT2D eigenvalue weighted by atomic mass is 9.86. The standard InChI is InChI=1S/C19H32N2O/c1-4-21-13-17(11-19(22)15(2)3)10-18(14-21)20-12-16-8-6-5-7-9-16/h5-9,15,17-20,22H,4,10-14H2,1-3H3. The minimum atomic E-state index is -0.170. The van der Waals surface area contributed by atoms with E-state index < -0.39 is 0 Å². The summed E-state index contributed by atoms with van der Waals surface area (Å²) in [4.78, 5) is 2.52. The third-order valence-corrected chi connectivity index (χ3v) is 4.84. The molecule has 0 spiro atoms. The van der Waals surface area contributed by atoms with Gasteiger partial charge < -0.3 is 15.3 Å². The molecule has 1 saturated heterocycles. The lowest BCUT2D eigenvalue weighted by molar-refractivity contribution is 0.0630. The SMILES string of the molecule is CCN1CC(CC(O)C(C)C)CC(NCc2ccccc2)C1. The number of aliphatic hydroxyl groups is 1. The molecule has 1 heterocycles. The van der Waals surface area contributed by atoms with Gasteiger partial charge in [0.15, 0.2) is 0 Å².